The Labute approximate surface area is 173 Å². The van der Waals surface area contributed by atoms with Crippen LogP contribution in [0, 0.1) is 13.8 Å². The molecule has 1 atom stereocenters. The molecule has 0 bridgehead atoms. The molecule has 1 amide bonds. The molecule has 3 aromatic rings. The van der Waals surface area contributed by atoms with Crippen LogP contribution in [0.2, 0.25) is 0 Å². The highest BCUT2D eigenvalue weighted by Gasteiger charge is 2.19. The Morgan fingerprint density at radius 1 is 1.10 bits per heavy atom. The van der Waals surface area contributed by atoms with Crippen LogP contribution in [-0.2, 0) is 9.53 Å². The van der Waals surface area contributed by atoms with Gasteiger partial charge in [0.05, 0.1) is 17.9 Å². The first-order valence-electron chi connectivity index (χ1n) is 9.51. The lowest BCUT2D eigenvalue weighted by molar-refractivity contribution is -0.119. The van der Waals surface area contributed by atoms with Crippen molar-refractivity contribution in [2.45, 2.75) is 33.7 Å². The van der Waals surface area contributed by atoms with E-state index in [0.29, 0.717) is 17.1 Å². The lowest BCUT2D eigenvalue weighted by Crippen LogP contribution is -2.33. The average molecular weight is 409 g/mol. The maximum atomic E-state index is 12.7. The maximum Gasteiger partial charge on any atom is 0.338 e. The van der Waals surface area contributed by atoms with Crippen molar-refractivity contribution in [2.75, 3.05) is 11.9 Å². The lowest BCUT2D eigenvalue weighted by atomic mass is 10.2. The monoisotopic (exact) mass is 409 g/mol. The molecule has 1 unspecified atom stereocenters. The highest BCUT2D eigenvalue weighted by Crippen LogP contribution is 2.14. The summed E-state index contributed by atoms with van der Waals surface area (Å²) in [4.78, 5) is 36.7. The predicted octanol–water partition coefficient (Wildman–Crippen LogP) is 2.42. The van der Waals surface area contributed by atoms with E-state index in [-0.39, 0.29) is 6.61 Å². The number of ether oxygens (including phenoxy) is 1. The Balaban J connectivity index is 1.79. The van der Waals surface area contributed by atoms with Gasteiger partial charge < -0.3 is 10.1 Å². The number of hydrogen-bond acceptors (Lipinski definition) is 6. The number of nitrogens with one attached hydrogen (secondary N) is 1. The van der Waals surface area contributed by atoms with Crippen molar-refractivity contribution in [1.82, 2.24) is 19.6 Å². The first kappa shape index (κ1) is 21.0. The number of amides is 1. The number of hydrogen-bond donors (Lipinski definition) is 1. The number of carbonyl (C=O) groups is 2. The van der Waals surface area contributed by atoms with Gasteiger partial charge in [-0.3, -0.25) is 9.59 Å². The van der Waals surface area contributed by atoms with Crippen LogP contribution in [0.15, 0.2) is 47.3 Å². The summed E-state index contributed by atoms with van der Waals surface area (Å²) >= 11 is 0. The average Bonchev–Trinajstić information content (AvgIpc) is 3.06. The minimum atomic E-state index is -0.862. The standard InChI is InChI=1S/C21H23N5O4/c1-5-30-21(29)16-6-8-17(9-7-16)22-20(28)15(4)26-19(27)11-10-18(24-26)25-14(3)12-13(2)23-25/h6-12,15H,5H2,1-4H3,(H,22,28). The molecule has 2 aromatic heterocycles. The first-order valence-corrected chi connectivity index (χ1v) is 9.51. The zero-order valence-electron chi connectivity index (χ0n) is 17.2. The summed E-state index contributed by atoms with van der Waals surface area (Å²) in [6, 6.07) is 10.3. The summed E-state index contributed by atoms with van der Waals surface area (Å²) in [6.07, 6.45) is 0. The molecule has 0 saturated carbocycles. The van der Waals surface area contributed by atoms with Gasteiger partial charge in [0.2, 0.25) is 5.91 Å². The normalized spacial score (nSPS) is 11.7. The van der Waals surface area contributed by atoms with Crippen LogP contribution in [-0.4, -0.2) is 38.0 Å². The smallest absolute Gasteiger partial charge is 0.338 e. The lowest BCUT2D eigenvalue weighted by Gasteiger charge is -2.15. The third-order valence-corrected chi connectivity index (χ3v) is 4.45. The number of nitrogens with zero attached hydrogens (tertiary/aromatic N) is 4. The first-order chi connectivity index (χ1) is 14.3. The van der Waals surface area contributed by atoms with Crippen LogP contribution in [0.1, 0.15) is 41.6 Å². The fourth-order valence-electron chi connectivity index (χ4n) is 2.93. The second-order valence-electron chi connectivity index (χ2n) is 6.78. The van der Waals surface area contributed by atoms with E-state index >= 15 is 0 Å². The molecule has 9 nitrogen and oxygen atoms in total. The van der Waals surface area contributed by atoms with Crippen molar-refractivity contribution in [3.63, 3.8) is 0 Å². The molecule has 0 fully saturated rings. The van der Waals surface area contributed by atoms with E-state index in [1.54, 1.807) is 48.9 Å². The molecule has 0 saturated heterocycles. The van der Waals surface area contributed by atoms with Crippen LogP contribution in [0.5, 0.6) is 0 Å². The van der Waals surface area contributed by atoms with E-state index in [2.05, 4.69) is 15.5 Å². The molecule has 9 heteroatoms. The molecule has 0 aliphatic rings. The highest BCUT2D eigenvalue weighted by atomic mass is 16.5. The molecule has 3 rings (SSSR count). The van der Waals surface area contributed by atoms with Gasteiger partial charge >= 0.3 is 5.97 Å². The predicted molar refractivity (Wildman–Crippen MR) is 111 cm³/mol. The number of rotatable bonds is 6. The van der Waals surface area contributed by atoms with Gasteiger partial charge in [0.25, 0.3) is 5.56 Å². The van der Waals surface area contributed by atoms with Crippen LogP contribution in [0.25, 0.3) is 5.82 Å². The Morgan fingerprint density at radius 2 is 1.80 bits per heavy atom. The molecule has 156 valence electrons. The van der Waals surface area contributed by atoms with E-state index < -0.39 is 23.5 Å². The van der Waals surface area contributed by atoms with E-state index in [0.717, 1.165) is 16.1 Å². The molecular weight excluding hydrogens is 386 g/mol. The zero-order valence-corrected chi connectivity index (χ0v) is 17.2. The van der Waals surface area contributed by atoms with Crippen LogP contribution >= 0.6 is 0 Å². The summed E-state index contributed by atoms with van der Waals surface area (Å²) in [5, 5.41) is 11.4. The van der Waals surface area contributed by atoms with Gasteiger partial charge in [0.15, 0.2) is 5.82 Å². The Morgan fingerprint density at radius 3 is 2.40 bits per heavy atom. The third-order valence-electron chi connectivity index (χ3n) is 4.45. The maximum absolute atomic E-state index is 12.7. The number of carbonyl (C=O) groups excluding carboxylic acids is 2. The summed E-state index contributed by atoms with van der Waals surface area (Å²) in [5.74, 6) is -0.405. The molecule has 30 heavy (non-hydrogen) atoms. The number of anilines is 1. The van der Waals surface area contributed by atoms with Crippen LogP contribution in [0.3, 0.4) is 0 Å². The molecule has 0 radical (unpaired) electrons. The van der Waals surface area contributed by atoms with Gasteiger partial charge in [-0.15, -0.1) is 5.10 Å². The number of benzene rings is 1. The van der Waals surface area contributed by atoms with Crippen molar-refractivity contribution in [1.29, 1.82) is 0 Å². The number of esters is 1. The Kier molecular flexibility index (Phi) is 6.10. The van der Waals surface area contributed by atoms with E-state index in [1.165, 1.54) is 6.07 Å². The van der Waals surface area contributed by atoms with Crippen molar-refractivity contribution < 1.29 is 14.3 Å². The highest BCUT2D eigenvalue weighted by molar-refractivity contribution is 5.94. The van der Waals surface area contributed by atoms with Crippen molar-refractivity contribution in [3.8, 4) is 5.82 Å². The number of aryl methyl sites for hydroxylation is 2. The van der Waals surface area contributed by atoms with Gasteiger partial charge in [-0.25, -0.2) is 14.2 Å². The SMILES string of the molecule is CCOC(=O)c1ccc(NC(=O)C(C)n2nc(-n3nc(C)cc3C)ccc2=O)cc1. The van der Waals surface area contributed by atoms with Crippen molar-refractivity contribution in [2.24, 2.45) is 0 Å². The fourth-order valence-corrected chi connectivity index (χ4v) is 2.93. The Hall–Kier alpha value is -3.75. The van der Waals surface area contributed by atoms with Crippen LogP contribution < -0.4 is 10.9 Å². The summed E-state index contributed by atoms with van der Waals surface area (Å²) in [5.41, 5.74) is 2.16. The molecule has 0 aliphatic heterocycles. The molecular formula is C21H23N5O4. The van der Waals surface area contributed by atoms with Gasteiger partial charge in [-0.05, 0) is 64.1 Å². The van der Waals surface area contributed by atoms with Crippen molar-refractivity contribution >= 4 is 17.6 Å². The molecule has 1 N–H and O–H groups in total. The Bertz CT molecular complexity index is 1130. The minimum Gasteiger partial charge on any atom is -0.462 e. The second-order valence-corrected chi connectivity index (χ2v) is 6.78. The number of aromatic nitrogens is 4. The third kappa shape index (κ3) is 4.45. The molecule has 2 heterocycles. The topological polar surface area (TPSA) is 108 Å². The van der Waals surface area contributed by atoms with Crippen molar-refractivity contribution in [3.05, 3.63) is 69.8 Å². The van der Waals surface area contributed by atoms with Gasteiger partial charge in [0.1, 0.15) is 6.04 Å². The molecule has 0 spiro atoms. The molecule has 1 aromatic carbocycles. The summed E-state index contributed by atoms with van der Waals surface area (Å²) in [6.45, 7) is 7.35. The fraction of sp³-hybridized carbons (Fsp3) is 0.286. The van der Waals surface area contributed by atoms with Crippen LogP contribution in [0.4, 0.5) is 5.69 Å². The molecule has 0 aliphatic carbocycles. The zero-order chi connectivity index (χ0) is 21.8. The summed E-state index contributed by atoms with van der Waals surface area (Å²) in [7, 11) is 0. The quantitative estimate of drug-likeness (QED) is 0.627. The van der Waals surface area contributed by atoms with E-state index in [1.807, 2.05) is 19.9 Å². The largest absolute Gasteiger partial charge is 0.462 e. The summed E-state index contributed by atoms with van der Waals surface area (Å²) < 4.78 is 7.67. The van der Waals surface area contributed by atoms with E-state index in [4.69, 9.17) is 4.74 Å². The van der Waals surface area contributed by atoms with E-state index in [9.17, 15) is 14.4 Å². The van der Waals surface area contributed by atoms with Gasteiger partial charge in [-0.1, -0.05) is 0 Å². The second kappa shape index (κ2) is 8.73. The van der Waals surface area contributed by atoms with Gasteiger partial charge in [-0.2, -0.15) is 5.10 Å². The minimum absolute atomic E-state index is 0.285. The van der Waals surface area contributed by atoms with Gasteiger partial charge in [0, 0.05) is 17.4 Å².